The topological polar surface area (TPSA) is 67.1 Å². The van der Waals surface area contributed by atoms with Crippen LogP contribution in [0.4, 0.5) is 0 Å². The summed E-state index contributed by atoms with van der Waals surface area (Å²) in [6, 6.07) is 4.74. The van der Waals surface area contributed by atoms with Crippen molar-refractivity contribution in [3.8, 4) is 0 Å². The van der Waals surface area contributed by atoms with Gasteiger partial charge in [0.2, 0.25) is 0 Å². The fourth-order valence-electron chi connectivity index (χ4n) is 3.13. The van der Waals surface area contributed by atoms with Gasteiger partial charge in [-0.2, -0.15) is 0 Å². The minimum absolute atomic E-state index is 0. The molecule has 0 saturated carbocycles. The molecule has 0 aliphatic carbocycles. The van der Waals surface area contributed by atoms with E-state index in [1.807, 2.05) is 11.3 Å². The van der Waals surface area contributed by atoms with Gasteiger partial charge in [0.15, 0.2) is 11.1 Å². The second-order valence-corrected chi connectivity index (χ2v) is 9.88. The number of hydrogen-bond acceptors (Lipinski definition) is 5. The Morgan fingerprint density at radius 3 is 2.63 bits per heavy atom. The Morgan fingerprint density at radius 1 is 1.27 bits per heavy atom. The average Bonchev–Trinajstić information content (AvgIpc) is 3.24. The first-order chi connectivity index (χ1) is 13.9. The highest BCUT2D eigenvalue weighted by Crippen LogP contribution is 2.17. The average molecular weight is 565 g/mol. The van der Waals surface area contributed by atoms with E-state index in [9.17, 15) is 0 Å². The van der Waals surface area contributed by atoms with Gasteiger partial charge in [-0.05, 0) is 51.5 Å². The zero-order valence-corrected chi connectivity index (χ0v) is 23.0. The number of rotatable bonds is 11. The molecule has 0 saturated heterocycles. The lowest BCUT2D eigenvalue weighted by atomic mass is 10.2. The molecule has 170 valence electrons. The van der Waals surface area contributed by atoms with E-state index < -0.39 is 0 Å². The van der Waals surface area contributed by atoms with Crippen LogP contribution in [0.1, 0.15) is 49.7 Å². The Balaban J connectivity index is 0.00000450. The third kappa shape index (κ3) is 9.13. The predicted octanol–water partition coefficient (Wildman–Crippen LogP) is 4.76. The van der Waals surface area contributed by atoms with Crippen LogP contribution in [-0.4, -0.2) is 46.1 Å². The molecule has 0 spiro atoms. The Bertz CT molecular complexity index is 771. The van der Waals surface area contributed by atoms with Crippen molar-refractivity contribution in [2.45, 2.75) is 71.6 Å². The summed E-state index contributed by atoms with van der Waals surface area (Å²) in [5.74, 6) is 2.53. The third-order valence-corrected chi connectivity index (χ3v) is 6.07. The van der Waals surface area contributed by atoms with E-state index in [1.165, 1.54) is 9.75 Å². The third-order valence-electron chi connectivity index (χ3n) is 4.38. The normalized spacial score (nSPS) is 12.7. The number of nitrogens with zero attached hydrogens (tertiary/aromatic N) is 4. The Labute approximate surface area is 207 Å². The SMILES string of the molecule is CCNC(=NCCCc1nnc(SC)n1CC(C)C)NC(C)Cc1ccc(C)s1.I. The molecule has 0 amide bonds. The highest BCUT2D eigenvalue weighted by atomic mass is 127. The summed E-state index contributed by atoms with van der Waals surface area (Å²) in [4.78, 5) is 7.54. The molecule has 0 fully saturated rings. The largest absolute Gasteiger partial charge is 0.357 e. The van der Waals surface area contributed by atoms with Gasteiger partial charge in [-0.25, -0.2) is 0 Å². The maximum Gasteiger partial charge on any atom is 0.191 e. The Hall–Kier alpha value is -0.810. The molecule has 2 aromatic heterocycles. The highest BCUT2D eigenvalue weighted by Gasteiger charge is 2.12. The van der Waals surface area contributed by atoms with Crippen LogP contribution in [0.25, 0.3) is 0 Å². The molecule has 2 heterocycles. The number of guanidine groups is 1. The van der Waals surface area contributed by atoms with Gasteiger partial charge in [-0.1, -0.05) is 25.6 Å². The van der Waals surface area contributed by atoms with Crippen LogP contribution in [0.5, 0.6) is 0 Å². The van der Waals surface area contributed by atoms with E-state index in [2.05, 4.69) is 78.4 Å². The van der Waals surface area contributed by atoms with E-state index in [0.717, 1.165) is 55.8 Å². The molecule has 2 aromatic rings. The molecule has 1 atom stereocenters. The fourth-order valence-corrected chi connectivity index (χ4v) is 4.67. The monoisotopic (exact) mass is 564 g/mol. The van der Waals surface area contributed by atoms with E-state index in [0.29, 0.717) is 12.0 Å². The molecule has 0 aliphatic heterocycles. The van der Waals surface area contributed by atoms with E-state index in [-0.39, 0.29) is 24.0 Å². The van der Waals surface area contributed by atoms with Crippen molar-refractivity contribution in [2.24, 2.45) is 10.9 Å². The van der Waals surface area contributed by atoms with Gasteiger partial charge in [0.1, 0.15) is 5.82 Å². The van der Waals surface area contributed by atoms with E-state index >= 15 is 0 Å². The minimum Gasteiger partial charge on any atom is -0.357 e. The van der Waals surface area contributed by atoms with Gasteiger partial charge >= 0.3 is 0 Å². The molecule has 0 bridgehead atoms. The number of halogens is 1. The van der Waals surface area contributed by atoms with Gasteiger partial charge in [-0.15, -0.1) is 45.5 Å². The van der Waals surface area contributed by atoms with Gasteiger partial charge in [0.05, 0.1) is 0 Å². The summed E-state index contributed by atoms with van der Waals surface area (Å²) in [6.07, 6.45) is 4.92. The molecule has 2 rings (SSSR count). The summed E-state index contributed by atoms with van der Waals surface area (Å²) in [5.41, 5.74) is 0. The number of nitrogens with one attached hydrogen (secondary N) is 2. The maximum atomic E-state index is 4.77. The van der Waals surface area contributed by atoms with Gasteiger partial charge in [-0.3, -0.25) is 4.99 Å². The Kier molecular flexibility index (Phi) is 13.0. The van der Waals surface area contributed by atoms with Crippen LogP contribution in [0, 0.1) is 12.8 Å². The van der Waals surface area contributed by atoms with Crippen molar-refractivity contribution in [3.05, 3.63) is 27.7 Å². The summed E-state index contributed by atoms with van der Waals surface area (Å²) in [6.45, 7) is 13.5. The lowest BCUT2D eigenvalue weighted by Gasteiger charge is -2.17. The van der Waals surface area contributed by atoms with Gasteiger partial charge < -0.3 is 15.2 Å². The number of thiophene rings is 1. The highest BCUT2D eigenvalue weighted by molar-refractivity contribution is 14.0. The molecule has 9 heteroatoms. The zero-order valence-electron chi connectivity index (χ0n) is 19.1. The van der Waals surface area contributed by atoms with E-state index in [1.54, 1.807) is 11.8 Å². The quantitative estimate of drug-likeness (QED) is 0.135. The van der Waals surface area contributed by atoms with Crippen molar-refractivity contribution in [2.75, 3.05) is 19.3 Å². The molecule has 30 heavy (non-hydrogen) atoms. The standard InChI is InChI=1S/C21H36N6S2.HI/c1-7-22-20(24-16(4)13-18-11-10-17(5)29-18)23-12-8-9-19-25-26-21(28-6)27(19)14-15(2)3;/h10-11,15-16H,7-9,12-14H2,1-6H3,(H2,22,23,24);1H. The molecule has 0 aromatic carbocycles. The van der Waals surface area contributed by atoms with Crippen LogP contribution < -0.4 is 10.6 Å². The molecular formula is C21H37IN6S2. The lowest BCUT2D eigenvalue weighted by Crippen LogP contribution is -2.43. The summed E-state index contributed by atoms with van der Waals surface area (Å²) in [5, 5.41) is 16.6. The van der Waals surface area contributed by atoms with Crippen LogP contribution in [0.2, 0.25) is 0 Å². The minimum atomic E-state index is 0. The number of aliphatic imine (C=N–C) groups is 1. The molecule has 0 radical (unpaired) electrons. The van der Waals surface area contributed by atoms with Crippen molar-refractivity contribution in [1.82, 2.24) is 25.4 Å². The number of aryl methyl sites for hydroxylation is 2. The molecule has 2 N–H and O–H groups in total. The number of aromatic nitrogens is 3. The van der Waals surface area contributed by atoms with Crippen LogP contribution in [0.15, 0.2) is 22.3 Å². The second-order valence-electron chi connectivity index (χ2n) is 7.73. The summed E-state index contributed by atoms with van der Waals surface area (Å²) >= 11 is 3.53. The fraction of sp³-hybridized carbons (Fsp3) is 0.667. The van der Waals surface area contributed by atoms with E-state index in [4.69, 9.17) is 4.99 Å². The van der Waals surface area contributed by atoms with Crippen molar-refractivity contribution >= 4 is 53.0 Å². The second kappa shape index (κ2) is 14.3. The zero-order chi connectivity index (χ0) is 21.2. The van der Waals surface area contributed by atoms with Crippen molar-refractivity contribution in [3.63, 3.8) is 0 Å². The Morgan fingerprint density at radius 2 is 2.03 bits per heavy atom. The van der Waals surface area contributed by atoms with Gasteiger partial charge in [0.25, 0.3) is 0 Å². The van der Waals surface area contributed by atoms with Crippen molar-refractivity contribution < 1.29 is 0 Å². The first-order valence-corrected chi connectivity index (χ1v) is 12.5. The molecule has 1 unspecified atom stereocenters. The first-order valence-electron chi connectivity index (χ1n) is 10.5. The first kappa shape index (κ1) is 27.2. The number of thioether (sulfide) groups is 1. The number of hydrogen-bond donors (Lipinski definition) is 2. The molecule has 6 nitrogen and oxygen atoms in total. The van der Waals surface area contributed by atoms with Crippen LogP contribution >= 0.6 is 47.1 Å². The maximum absolute atomic E-state index is 4.77. The lowest BCUT2D eigenvalue weighted by molar-refractivity contribution is 0.477. The van der Waals surface area contributed by atoms with Crippen molar-refractivity contribution in [1.29, 1.82) is 0 Å². The summed E-state index contributed by atoms with van der Waals surface area (Å²) < 4.78 is 2.26. The van der Waals surface area contributed by atoms with Crippen LogP contribution in [0.3, 0.4) is 0 Å². The van der Waals surface area contributed by atoms with Crippen LogP contribution in [-0.2, 0) is 19.4 Å². The molecular weight excluding hydrogens is 527 g/mol. The summed E-state index contributed by atoms with van der Waals surface area (Å²) in [7, 11) is 0. The predicted molar refractivity (Wildman–Crippen MR) is 142 cm³/mol. The van der Waals surface area contributed by atoms with Gasteiger partial charge in [0, 0.05) is 48.3 Å². The smallest absolute Gasteiger partial charge is 0.191 e. The molecule has 0 aliphatic rings.